The normalized spacial score (nSPS) is 18.3. The smallest absolute Gasteiger partial charge is 0.160 e. The standard InChI is InChI=1S/C23H21N2O/c1-25(22-9-5-3-7-20(22)15-24)21-8-4-2-6-18(21)11-12-19-14-17(16-26)10-13-23(19)25/h2-10,13-14,26H,11-12,16H2,1H3/q+1. The Morgan fingerprint density at radius 3 is 2.31 bits per heavy atom. The van der Waals surface area contributed by atoms with Crippen molar-refractivity contribution < 1.29 is 5.11 Å². The molecule has 0 saturated carbocycles. The van der Waals surface area contributed by atoms with Crippen molar-refractivity contribution in [1.82, 2.24) is 4.48 Å². The van der Waals surface area contributed by atoms with Gasteiger partial charge in [0.25, 0.3) is 0 Å². The molecule has 0 fully saturated rings. The van der Waals surface area contributed by atoms with Gasteiger partial charge in [0.05, 0.1) is 13.7 Å². The first-order valence-corrected chi connectivity index (χ1v) is 8.86. The van der Waals surface area contributed by atoms with E-state index in [0.717, 1.165) is 29.8 Å². The van der Waals surface area contributed by atoms with Gasteiger partial charge in [-0.15, -0.1) is 0 Å². The minimum atomic E-state index is 0.0404. The summed E-state index contributed by atoms with van der Waals surface area (Å²) in [4.78, 5) is 0. The molecule has 1 aliphatic rings. The summed E-state index contributed by atoms with van der Waals surface area (Å²) in [7, 11) is 2.16. The van der Waals surface area contributed by atoms with Crippen LogP contribution in [-0.2, 0) is 19.4 Å². The summed E-state index contributed by atoms with van der Waals surface area (Å²) in [6.45, 7) is 0.0404. The van der Waals surface area contributed by atoms with Crippen LogP contribution in [0.15, 0.2) is 66.7 Å². The number of fused-ring (bicyclic) bond motifs is 2. The Morgan fingerprint density at radius 2 is 1.54 bits per heavy atom. The molecule has 3 nitrogen and oxygen atoms in total. The van der Waals surface area contributed by atoms with Gasteiger partial charge in [-0.2, -0.15) is 5.26 Å². The highest BCUT2D eigenvalue weighted by Crippen LogP contribution is 2.48. The molecule has 1 unspecified atom stereocenters. The van der Waals surface area contributed by atoms with Crippen molar-refractivity contribution in [2.24, 2.45) is 0 Å². The van der Waals surface area contributed by atoms with Gasteiger partial charge in [-0.25, -0.2) is 4.48 Å². The van der Waals surface area contributed by atoms with E-state index in [1.54, 1.807) is 0 Å². The van der Waals surface area contributed by atoms with Crippen LogP contribution in [-0.4, -0.2) is 12.2 Å². The molecule has 1 atom stereocenters. The van der Waals surface area contributed by atoms with Gasteiger partial charge in [0, 0.05) is 29.3 Å². The number of nitrogens with zero attached hydrogens (tertiary/aromatic N) is 2. The van der Waals surface area contributed by atoms with Crippen molar-refractivity contribution in [3.8, 4) is 6.07 Å². The lowest BCUT2D eigenvalue weighted by molar-refractivity contribution is 0.281. The number of aliphatic hydroxyl groups excluding tert-OH is 1. The molecule has 26 heavy (non-hydrogen) atoms. The first-order valence-electron chi connectivity index (χ1n) is 8.86. The summed E-state index contributed by atoms with van der Waals surface area (Å²) in [6.07, 6.45) is 1.86. The van der Waals surface area contributed by atoms with E-state index in [0.29, 0.717) is 10.0 Å². The van der Waals surface area contributed by atoms with Crippen molar-refractivity contribution in [3.63, 3.8) is 0 Å². The fraction of sp³-hybridized carbons (Fsp3) is 0.174. The Bertz CT molecular complexity index is 1020. The average Bonchev–Trinajstić information content (AvgIpc) is 2.83. The largest absolute Gasteiger partial charge is 0.392 e. The van der Waals surface area contributed by atoms with Gasteiger partial charge >= 0.3 is 0 Å². The van der Waals surface area contributed by atoms with Crippen LogP contribution in [0.1, 0.15) is 22.3 Å². The number of aryl methyl sites for hydroxylation is 2. The van der Waals surface area contributed by atoms with Crippen LogP contribution < -0.4 is 4.48 Å². The highest BCUT2D eigenvalue weighted by molar-refractivity contribution is 5.78. The highest BCUT2D eigenvalue weighted by Gasteiger charge is 2.39. The third-order valence-electron chi connectivity index (χ3n) is 5.45. The maximum atomic E-state index is 9.72. The van der Waals surface area contributed by atoms with Crippen LogP contribution in [0.5, 0.6) is 0 Å². The maximum Gasteiger partial charge on any atom is 0.160 e. The van der Waals surface area contributed by atoms with Crippen LogP contribution >= 0.6 is 0 Å². The van der Waals surface area contributed by atoms with Gasteiger partial charge in [-0.05, 0) is 30.5 Å². The second kappa shape index (κ2) is 6.42. The van der Waals surface area contributed by atoms with Crippen molar-refractivity contribution in [2.75, 3.05) is 7.05 Å². The zero-order chi connectivity index (χ0) is 18.1. The van der Waals surface area contributed by atoms with Crippen LogP contribution in [0.25, 0.3) is 0 Å². The molecule has 0 saturated heterocycles. The number of para-hydroxylation sites is 2. The fourth-order valence-electron chi connectivity index (χ4n) is 4.15. The van der Waals surface area contributed by atoms with E-state index in [2.05, 4.69) is 49.5 Å². The molecule has 0 amide bonds. The SMILES string of the molecule is C[N+]1(c2ccccc2C#N)c2ccccc2CCc2cc(CO)ccc21. The third-order valence-corrected chi connectivity index (χ3v) is 5.45. The Morgan fingerprint density at radius 1 is 0.885 bits per heavy atom. The van der Waals surface area contributed by atoms with Crippen molar-refractivity contribution >= 4 is 17.1 Å². The zero-order valence-corrected chi connectivity index (χ0v) is 14.8. The third kappa shape index (κ3) is 2.43. The van der Waals surface area contributed by atoms with Gasteiger partial charge < -0.3 is 5.11 Å². The molecule has 0 radical (unpaired) electrons. The predicted molar refractivity (Wildman–Crippen MR) is 104 cm³/mol. The van der Waals surface area contributed by atoms with Gasteiger partial charge in [-0.3, -0.25) is 0 Å². The monoisotopic (exact) mass is 341 g/mol. The van der Waals surface area contributed by atoms with E-state index in [9.17, 15) is 10.4 Å². The molecule has 4 rings (SSSR count). The highest BCUT2D eigenvalue weighted by atomic mass is 16.3. The molecular weight excluding hydrogens is 320 g/mol. The summed E-state index contributed by atoms with van der Waals surface area (Å²) < 4.78 is 0.459. The van der Waals surface area contributed by atoms with Gasteiger partial charge in [0.1, 0.15) is 23.0 Å². The molecular formula is C23H21N2O+. The predicted octanol–water partition coefficient (Wildman–Crippen LogP) is 4.75. The van der Waals surface area contributed by atoms with Gasteiger partial charge in [-0.1, -0.05) is 36.4 Å². The lowest BCUT2D eigenvalue weighted by atomic mass is 10.0. The van der Waals surface area contributed by atoms with Crippen molar-refractivity contribution in [2.45, 2.75) is 19.4 Å². The number of benzene rings is 3. The molecule has 0 spiro atoms. The van der Waals surface area contributed by atoms with E-state index in [-0.39, 0.29) is 6.61 Å². The number of rotatable bonds is 2. The number of hydrogen-bond donors (Lipinski definition) is 1. The summed E-state index contributed by atoms with van der Waals surface area (Å²) >= 11 is 0. The first-order chi connectivity index (χ1) is 12.7. The topological polar surface area (TPSA) is 44.0 Å². The van der Waals surface area contributed by atoms with E-state index in [4.69, 9.17) is 0 Å². The molecule has 1 N–H and O–H groups in total. The lowest BCUT2D eigenvalue weighted by Crippen LogP contribution is -2.35. The number of quaternary nitrogens is 1. The van der Waals surface area contributed by atoms with E-state index in [1.807, 2.05) is 30.3 Å². The Labute approximate surface area is 154 Å². The summed E-state index contributed by atoms with van der Waals surface area (Å²) in [5, 5.41) is 19.3. The number of aliphatic hydroxyl groups is 1. The summed E-state index contributed by atoms with van der Waals surface area (Å²) in [5.41, 5.74) is 7.47. The Balaban J connectivity index is 2.08. The molecule has 128 valence electrons. The molecule has 0 aliphatic carbocycles. The van der Waals surface area contributed by atoms with Crippen LogP contribution in [0.4, 0.5) is 17.1 Å². The second-order valence-corrected chi connectivity index (χ2v) is 6.89. The van der Waals surface area contributed by atoms with Crippen molar-refractivity contribution in [3.05, 3.63) is 89.0 Å². The van der Waals surface area contributed by atoms with E-state index >= 15 is 0 Å². The molecule has 1 aliphatic heterocycles. The summed E-state index contributed by atoms with van der Waals surface area (Å²) in [6, 6.07) is 24.9. The minimum Gasteiger partial charge on any atom is -0.392 e. The molecule has 3 heteroatoms. The number of nitriles is 1. The molecule has 0 bridgehead atoms. The van der Waals surface area contributed by atoms with E-state index in [1.165, 1.54) is 16.8 Å². The minimum absolute atomic E-state index is 0.0404. The fourth-order valence-corrected chi connectivity index (χ4v) is 4.15. The lowest BCUT2D eigenvalue weighted by Gasteiger charge is -2.35. The maximum absolute atomic E-state index is 9.72. The van der Waals surface area contributed by atoms with Gasteiger partial charge in [0.2, 0.25) is 0 Å². The van der Waals surface area contributed by atoms with Crippen LogP contribution in [0.2, 0.25) is 0 Å². The Kier molecular flexibility index (Phi) is 4.08. The molecule has 3 aromatic carbocycles. The Hall–Kier alpha value is -2.93. The molecule has 1 heterocycles. The number of hydrogen-bond acceptors (Lipinski definition) is 2. The zero-order valence-electron chi connectivity index (χ0n) is 14.8. The first kappa shape index (κ1) is 16.5. The van der Waals surface area contributed by atoms with E-state index < -0.39 is 0 Å². The second-order valence-electron chi connectivity index (χ2n) is 6.89. The summed E-state index contributed by atoms with van der Waals surface area (Å²) in [5.74, 6) is 0. The van der Waals surface area contributed by atoms with Crippen LogP contribution in [0, 0.1) is 11.3 Å². The molecule has 3 aromatic rings. The van der Waals surface area contributed by atoms with Crippen LogP contribution in [0.3, 0.4) is 0 Å². The van der Waals surface area contributed by atoms with Gasteiger partial charge in [0.15, 0.2) is 5.69 Å². The molecule has 0 aromatic heterocycles. The quantitative estimate of drug-likeness (QED) is 0.684. The average molecular weight is 341 g/mol. The van der Waals surface area contributed by atoms with Crippen molar-refractivity contribution in [1.29, 1.82) is 5.26 Å².